The molecule has 2 N–H and O–H groups in total. The van der Waals surface area contributed by atoms with E-state index in [4.69, 9.17) is 0 Å². The Hall–Kier alpha value is -2.62. The smallest absolute Gasteiger partial charge is 0.259 e. The molecule has 0 saturated heterocycles. The van der Waals surface area contributed by atoms with E-state index in [1.54, 1.807) is 0 Å². The van der Waals surface area contributed by atoms with Gasteiger partial charge in [0.1, 0.15) is 0 Å². The molecule has 0 atom stereocenters. The number of aromatic nitrogens is 1. The minimum atomic E-state index is -0.260. The number of nitrogens with one attached hydrogen (secondary N) is 2. The summed E-state index contributed by atoms with van der Waals surface area (Å²) in [5.41, 5.74) is 6.67. The molecule has 3 aromatic rings. The third-order valence-electron chi connectivity index (χ3n) is 5.04. The van der Waals surface area contributed by atoms with Crippen LogP contribution < -0.4 is 5.32 Å². The SMILES string of the molecule is Cc1cccc2[nH]c3c4c(c5c(c3c12)C(=O)NC5=O)CCC4. The Balaban J connectivity index is 2.13. The second-order valence-electron chi connectivity index (χ2n) is 6.22. The molecule has 1 aromatic heterocycles. The zero-order chi connectivity index (χ0) is 15.0. The van der Waals surface area contributed by atoms with Crippen LogP contribution in [0.1, 0.15) is 43.8 Å². The van der Waals surface area contributed by atoms with E-state index in [-0.39, 0.29) is 11.8 Å². The summed E-state index contributed by atoms with van der Waals surface area (Å²) in [4.78, 5) is 28.2. The summed E-state index contributed by atoms with van der Waals surface area (Å²) in [5.74, 6) is -0.494. The van der Waals surface area contributed by atoms with Crippen molar-refractivity contribution in [2.45, 2.75) is 26.2 Å². The van der Waals surface area contributed by atoms with E-state index in [0.29, 0.717) is 11.1 Å². The third-order valence-corrected chi connectivity index (χ3v) is 5.04. The van der Waals surface area contributed by atoms with Gasteiger partial charge in [-0.2, -0.15) is 0 Å². The summed E-state index contributed by atoms with van der Waals surface area (Å²) in [6.07, 6.45) is 2.88. The zero-order valence-corrected chi connectivity index (χ0v) is 12.2. The minimum absolute atomic E-state index is 0.233. The standard InChI is InChI=1S/C18H14N2O2/c1-8-4-2-7-11-12(8)14-15-13(17(21)20-18(15)22)9-5-3-6-10(9)16(14)19-11/h2,4,7,19H,3,5-6H2,1H3,(H,20,21,22). The average Bonchev–Trinajstić information content (AvgIpc) is 3.14. The quantitative estimate of drug-likeness (QED) is 0.625. The van der Waals surface area contributed by atoms with Gasteiger partial charge in [-0.1, -0.05) is 12.1 Å². The summed E-state index contributed by atoms with van der Waals surface area (Å²) in [6, 6.07) is 6.09. The molecular formula is C18H14N2O2. The van der Waals surface area contributed by atoms with Crippen molar-refractivity contribution in [1.29, 1.82) is 0 Å². The summed E-state index contributed by atoms with van der Waals surface area (Å²) in [7, 11) is 0. The normalized spacial score (nSPS) is 16.4. The van der Waals surface area contributed by atoms with Gasteiger partial charge < -0.3 is 4.98 Å². The molecule has 1 aliphatic heterocycles. The lowest BCUT2D eigenvalue weighted by Crippen LogP contribution is -2.20. The topological polar surface area (TPSA) is 62.0 Å². The van der Waals surface area contributed by atoms with Gasteiger partial charge in [0.25, 0.3) is 11.8 Å². The molecule has 2 heterocycles. The van der Waals surface area contributed by atoms with Gasteiger partial charge in [0.15, 0.2) is 0 Å². The summed E-state index contributed by atoms with van der Waals surface area (Å²) < 4.78 is 0. The number of hydrogen-bond donors (Lipinski definition) is 2. The Bertz CT molecular complexity index is 1030. The van der Waals surface area contributed by atoms with Crippen LogP contribution in [0.5, 0.6) is 0 Å². The van der Waals surface area contributed by atoms with Gasteiger partial charge in [0.05, 0.1) is 16.6 Å². The molecule has 0 fully saturated rings. The molecule has 1 aliphatic carbocycles. The molecule has 4 heteroatoms. The highest BCUT2D eigenvalue weighted by Crippen LogP contribution is 2.41. The molecular weight excluding hydrogens is 276 g/mol. The minimum Gasteiger partial charge on any atom is -0.354 e. The van der Waals surface area contributed by atoms with Crippen molar-refractivity contribution in [2.75, 3.05) is 0 Å². The fourth-order valence-corrected chi connectivity index (χ4v) is 4.18. The third kappa shape index (κ3) is 1.24. The molecule has 0 spiro atoms. The number of benzene rings is 2. The van der Waals surface area contributed by atoms with E-state index in [9.17, 15) is 9.59 Å². The predicted octanol–water partition coefficient (Wildman–Crippen LogP) is 3.00. The number of aryl methyl sites for hydroxylation is 2. The maximum Gasteiger partial charge on any atom is 0.259 e. The molecule has 0 bridgehead atoms. The predicted molar refractivity (Wildman–Crippen MR) is 84.4 cm³/mol. The Morgan fingerprint density at radius 3 is 2.59 bits per heavy atom. The highest BCUT2D eigenvalue weighted by Gasteiger charge is 2.36. The first kappa shape index (κ1) is 12.0. The van der Waals surface area contributed by atoms with Crippen LogP contribution in [0.25, 0.3) is 21.8 Å². The first-order chi connectivity index (χ1) is 10.7. The number of amides is 2. The summed E-state index contributed by atoms with van der Waals surface area (Å²) in [5, 5.41) is 4.47. The number of imide groups is 1. The van der Waals surface area contributed by atoms with Crippen LogP contribution in [0.3, 0.4) is 0 Å². The number of carbonyl (C=O) groups excluding carboxylic acids is 2. The van der Waals surface area contributed by atoms with Crippen molar-refractivity contribution < 1.29 is 9.59 Å². The maximum atomic E-state index is 12.4. The fraction of sp³-hybridized carbons (Fsp3) is 0.222. The van der Waals surface area contributed by atoms with Crippen LogP contribution in [0, 0.1) is 6.92 Å². The molecule has 4 nitrogen and oxygen atoms in total. The number of aromatic amines is 1. The highest BCUT2D eigenvalue weighted by molar-refractivity contribution is 6.31. The average molecular weight is 290 g/mol. The van der Waals surface area contributed by atoms with Crippen molar-refractivity contribution in [3.05, 3.63) is 46.0 Å². The van der Waals surface area contributed by atoms with Crippen molar-refractivity contribution in [2.24, 2.45) is 0 Å². The lowest BCUT2D eigenvalue weighted by atomic mass is 9.93. The van der Waals surface area contributed by atoms with Crippen LogP contribution >= 0.6 is 0 Å². The number of rotatable bonds is 0. The second-order valence-corrected chi connectivity index (χ2v) is 6.22. The van der Waals surface area contributed by atoms with Crippen molar-refractivity contribution in [3.8, 4) is 0 Å². The fourth-order valence-electron chi connectivity index (χ4n) is 4.18. The van der Waals surface area contributed by atoms with Crippen molar-refractivity contribution >= 4 is 33.6 Å². The molecule has 22 heavy (non-hydrogen) atoms. The van der Waals surface area contributed by atoms with Crippen LogP contribution in [0.15, 0.2) is 18.2 Å². The van der Waals surface area contributed by atoms with Crippen LogP contribution in [0.2, 0.25) is 0 Å². The summed E-state index contributed by atoms with van der Waals surface area (Å²) in [6.45, 7) is 2.05. The zero-order valence-electron chi connectivity index (χ0n) is 12.2. The van der Waals surface area contributed by atoms with Crippen molar-refractivity contribution in [3.63, 3.8) is 0 Å². The molecule has 2 aliphatic rings. The van der Waals surface area contributed by atoms with Gasteiger partial charge in [0, 0.05) is 16.3 Å². The number of hydrogen-bond acceptors (Lipinski definition) is 2. The van der Waals surface area contributed by atoms with E-state index in [0.717, 1.165) is 52.2 Å². The molecule has 5 rings (SSSR count). The Morgan fingerprint density at radius 1 is 0.955 bits per heavy atom. The van der Waals surface area contributed by atoms with E-state index >= 15 is 0 Å². The van der Waals surface area contributed by atoms with E-state index in [1.165, 1.54) is 5.56 Å². The maximum absolute atomic E-state index is 12.4. The lowest BCUT2D eigenvalue weighted by Gasteiger charge is -2.08. The van der Waals surface area contributed by atoms with Gasteiger partial charge >= 0.3 is 0 Å². The first-order valence-electron chi connectivity index (χ1n) is 7.61. The van der Waals surface area contributed by atoms with E-state index in [2.05, 4.69) is 10.3 Å². The molecule has 2 amide bonds. The van der Waals surface area contributed by atoms with Gasteiger partial charge in [-0.25, -0.2) is 0 Å². The lowest BCUT2D eigenvalue weighted by molar-refractivity contribution is 0.0880. The highest BCUT2D eigenvalue weighted by atomic mass is 16.2. The van der Waals surface area contributed by atoms with Crippen LogP contribution in [-0.4, -0.2) is 16.8 Å². The Kier molecular flexibility index (Phi) is 2.05. The van der Waals surface area contributed by atoms with Crippen LogP contribution in [0.4, 0.5) is 0 Å². The van der Waals surface area contributed by atoms with E-state index in [1.807, 2.05) is 25.1 Å². The molecule has 0 radical (unpaired) electrons. The van der Waals surface area contributed by atoms with Gasteiger partial charge in [-0.15, -0.1) is 0 Å². The largest absolute Gasteiger partial charge is 0.354 e. The molecule has 2 aromatic carbocycles. The number of H-pyrrole nitrogens is 1. The molecule has 0 saturated carbocycles. The van der Waals surface area contributed by atoms with Crippen molar-refractivity contribution in [1.82, 2.24) is 10.3 Å². The van der Waals surface area contributed by atoms with Crippen LogP contribution in [-0.2, 0) is 12.8 Å². The monoisotopic (exact) mass is 290 g/mol. The van der Waals surface area contributed by atoms with Gasteiger partial charge in [0.2, 0.25) is 0 Å². The van der Waals surface area contributed by atoms with Gasteiger partial charge in [-0.05, 0) is 48.9 Å². The molecule has 108 valence electrons. The molecule has 0 unspecified atom stereocenters. The first-order valence-corrected chi connectivity index (χ1v) is 7.61. The number of fused-ring (bicyclic) bond motifs is 8. The Labute approximate surface area is 126 Å². The van der Waals surface area contributed by atoms with E-state index < -0.39 is 0 Å². The second kappa shape index (κ2) is 3.77. The Morgan fingerprint density at radius 2 is 1.73 bits per heavy atom. The number of carbonyl (C=O) groups is 2. The summed E-state index contributed by atoms with van der Waals surface area (Å²) >= 11 is 0. The van der Waals surface area contributed by atoms with Gasteiger partial charge in [-0.3, -0.25) is 14.9 Å².